The number of carbonyl (C=O) groups is 1. The minimum atomic E-state index is -1.43. The fourth-order valence-electron chi connectivity index (χ4n) is 1.75. The molecule has 4 atom stereocenters. The van der Waals surface area contributed by atoms with E-state index in [0.717, 1.165) is 10.9 Å². The van der Waals surface area contributed by atoms with Crippen molar-refractivity contribution in [1.29, 1.82) is 0 Å². The zero-order valence-electron chi connectivity index (χ0n) is 9.08. The number of carbonyl (C=O) groups excluding carboxylic acids is 1. The molecule has 1 fully saturated rings. The van der Waals surface area contributed by atoms with E-state index < -0.39 is 42.9 Å². The van der Waals surface area contributed by atoms with Gasteiger partial charge in [0.05, 0.1) is 6.61 Å². The number of aliphatic hydroxyl groups is 3. The summed E-state index contributed by atoms with van der Waals surface area (Å²) in [6.45, 7) is -0.520. The van der Waals surface area contributed by atoms with Gasteiger partial charge in [-0.25, -0.2) is 9.59 Å². The van der Waals surface area contributed by atoms with Crippen LogP contribution in [0.3, 0.4) is 0 Å². The molecule has 10 heteroatoms. The van der Waals surface area contributed by atoms with E-state index in [4.69, 9.17) is 15.6 Å². The van der Waals surface area contributed by atoms with Crippen LogP contribution in [0.15, 0.2) is 11.1 Å². The lowest BCUT2D eigenvalue weighted by Crippen LogP contribution is -2.38. The van der Waals surface area contributed by atoms with Crippen LogP contribution in [0, 0.1) is 0 Å². The van der Waals surface area contributed by atoms with E-state index in [2.05, 4.69) is 5.10 Å². The highest BCUT2D eigenvalue weighted by Crippen LogP contribution is 2.27. The summed E-state index contributed by atoms with van der Waals surface area (Å²) in [6, 6.07) is -1.08. The van der Waals surface area contributed by atoms with Crippen LogP contribution in [0.2, 0.25) is 0 Å². The number of primary amides is 1. The van der Waals surface area contributed by atoms with Crippen molar-refractivity contribution in [1.82, 2.24) is 14.3 Å². The van der Waals surface area contributed by atoms with Gasteiger partial charge in [-0.3, -0.25) is 4.57 Å². The molecule has 18 heavy (non-hydrogen) atoms. The highest BCUT2D eigenvalue weighted by molar-refractivity contribution is 5.73. The van der Waals surface area contributed by atoms with Gasteiger partial charge in [-0.2, -0.15) is 0 Å². The van der Waals surface area contributed by atoms with E-state index in [9.17, 15) is 19.8 Å². The van der Waals surface area contributed by atoms with Crippen LogP contribution in [0.1, 0.15) is 6.23 Å². The molecule has 1 aromatic rings. The average molecular weight is 260 g/mol. The van der Waals surface area contributed by atoms with Crippen molar-refractivity contribution in [2.45, 2.75) is 24.5 Å². The van der Waals surface area contributed by atoms with Gasteiger partial charge in [0.15, 0.2) is 6.23 Å². The summed E-state index contributed by atoms with van der Waals surface area (Å²) in [5.41, 5.74) is 3.99. The van der Waals surface area contributed by atoms with Gasteiger partial charge >= 0.3 is 11.7 Å². The van der Waals surface area contributed by atoms with E-state index in [0.29, 0.717) is 4.68 Å². The van der Waals surface area contributed by atoms with Crippen molar-refractivity contribution in [3.8, 4) is 0 Å². The molecule has 1 saturated heterocycles. The highest BCUT2D eigenvalue weighted by Gasteiger charge is 2.44. The van der Waals surface area contributed by atoms with Crippen molar-refractivity contribution in [3.05, 3.63) is 16.8 Å². The number of aliphatic hydroxyl groups excluding tert-OH is 3. The third-order valence-corrected chi connectivity index (χ3v) is 2.69. The first-order valence-corrected chi connectivity index (χ1v) is 5.05. The third-order valence-electron chi connectivity index (χ3n) is 2.69. The third kappa shape index (κ3) is 1.80. The van der Waals surface area contributed by atoms with Gasteiger partial charge in [0.1, 0.15) is 24.6 Å². The van der Waals surface area contributed by atoms with E-state index in [1.54, 1.807) is 0 Å². The van der Waals surface area contributed by atoms with Gasteiger partial charge in [0.2, 0.25) is 0 Å². The Morgan fingerprint density at radius 1 is 1.50 bits per heavy atom. The first kappa shape index (κ1) is 12.7. The Balaban J connectivity index is 2.33. The number of rotatable bonds is 2. The second kappa shape index (κ2) is 4.49. The highest BCUT2D eigenvalue weighted by atomic mass is 16.6. The molecular formula is C8H12N4O6. The number of nitrogens with zero attached hydrogens (tertiary/aromatic N) is 3. The van der Waals surface area contributed by atoms with Crippen molar-refractivity contribution in [2.75, 3.05) is 6.61 Å². The summed E-state index contributed by atoms with van der Waals surface area (Å²) in [5, 5.41) is 31.5. The number of nitrogens with two attached hydrogens (primary N) is 1. The zero-order chi connectivity index (χ0) is 13.4. The Labute approximate surface area is 99.8 Å². The summed E-state index contributed by atoms with van der Waals surface area (Å²) >= 11 is 0. The van der Waals surface area contributed by atoms with Crippen molar-refractivity contribution >= 4 is 6.03 Å². The van der Waals surface area contributed by atoms with E-state index in [1.807, 2.05) is 0 Å². The topological polar surface area (TPSA) is 153 Å². The summed E-state index contributed by atoms with van der Waals surface area (Å²) in [5.74, 6) is 0. The number of hydrogen-bond donors (Lipinski definition) is 4. The maximum Gasteiger partial charge on any atom is 0.356 e. The molecular weight excluding hydrogens is 248 g/mol. The number of ether oxygens (including phenoxy) is 1. The fourth-order valence-corrected chi connectivity index (χ4v) is 1.75. The molecule has 0 spiro atoms. The molecule has 0 aromatic carbocycles. The van der Waals surface area contributed by atoms with Gasteiger partial charge < -0.3 is 25.8 Å². The molecule has 5 N–H and O–H groups in total. The van der Waals surface area contributed by atoms with Crippen molar-refractivity contribution in [2.24, 2.45) is 5.73 Å². The lowest BCUT2D eigenvalue weighted by molar-refractivity contribution is -0.0544. The minimum Gasteiger partial charge on any atom is -0.394 e. The predicted molar refractivity (Wildman–Crippen MR) is 54.5 cm³/mol. The minimum absolute atomic E-state index is 0.384. The first-order chi connectivity index (χ1) is 8.47. The molecule has 0 radical (unpaired) electrons. The van der Waals surface area contributed by atoms with E-state index in [-0.39, 0.29) is 0 Å². The van der Waals surface area contributed by atoms with Gasteiger partial charge in [-0.15, -0.1) is 9.78 Å². The number of hydrogen-bond acceptors (Lipinski definition) is 7. The largest absolute Gasteiger partial charge is 0.394 e. The molecule has 0 aliphatic carbocycles. The molecule has 1 aliphatic heterocycles. The summed E-state index contributed by atoms with van der Waals surface area (Å²) in [6.07, 6.45) is -4.08. The fraction of sp³-hybridized carbons (Fsp3) is 0.625. The maximum atomic E-state index is 11.7. The van der Waals surface area contributed by atoms with Gasteiger partial charge in [0.25, 0.3) is 0 Å². The van der Waals surface area contributed by atoms with Crippen LogP contribution in [0.5, 0.6) is 0 Å². The summed E-state index contributed by atoms with van der Waals surface area (Å²) in [4.78, 5) is 22.5. The second-order valence-electron chi connectivity index (χ2n) is 3.80. The number of amides is 1. The molecule has 0 bridgehead atoms. The SMILES string of the molecule is NC(=O)n1ncn(C2OC(CO)C(O)C2O)c1=O. The van der Waals surface area contributed by atoms with Gasteiger partial charge in [-0.1, -0.05) is 0 Å². The quantitative estimate of drug-likeness (QED) is 0.432. The molecule has 0 saturated carbocycles. The van der Waals surface area contributed by atoms with Crippen LogP contribution in [0.25, 0.3) is 0 Å². The molecule has 1 amide bonds. The van der Waals surface area contributed by atoms with Gasteiger partial charge in [-0.05, 0) is 0 Å². The Hall–Kier alpha value is -1.75. The van der Waals surface area contributed by atoms with E-state index in [1.165, 1.54) is 0 Å². The Morgan fingerprint density at radius 2 is 2.17 bits per heavy atom. The zero-order valence-corrected chi connectivity index (χ0v) is 9.08. The standard InChI is InChI=1S/C8H12N4O6/c9-7(16)12-8(17)11(2-10-12)6-5(15)4(14)3(1-13)18-6/h2-6,13-15H,1H2,(H2,9,16). The molecule has 1 aromatic heterocycles. The van der Waals surface area contributed by atoms with Crippen LogP contribution in [-0.4, -0.2) is 60.6 Å². The molecule has 10 nitrogen and oxygen atoms in total. The second-order valence-corrected chi connectivity index (χ2v) is 3.80. The number of aromatic nitrogens is 3. The van der Waals surface area contributed by atoms with Crippen LogP contribution >= 0.6 is 0 Å². The summed E-state index contributed by atoms with van der Waals surface area (Å²) in [7, 11) is 0. The average Bonchev–Trinajstić information content (AvgIpc) is 2.82. The van der Waals surface area contributed by atoms with Crippen molar-refractivity contribution < 1.29 is 24.9 Å². The summed E-state index contributed by atoms with van der Waals surface area (Å²) < 4.78 is 6.30. The smallest absolute Gasteiger partial charge is 0.356 e. The molecule has 2 heterocycles. The first-order valence-electron chi connectivity index (χ1n) is 5.05. The van der Waals surface area contributed by atoms with Crippen molar-refractivity contribution in [3.63, 3.8) is 0 Å². The maximum absolute atomic E-state index is 11.7. The molecule has 1 aliphatic rings. The lowest BCUT2D eigenvalue weighted by atomic mass is 10.1. The lowest BCUT2D eigenvalue weighted by Gasteiger charge is -2.13. The van der Waals surface area contributed by atoms with Crippen LogP contribution in [-0.2, 0) is 4.74 Å². The molecule has 4 unspecified atom stereocenters. The van der Waals surface area contributed by atoms with Crippen LogP contribution < -0.4 is 11.4 Å². The van der Waals surface area contributed by atoms with E-state index >= 15 is 0 Å². The Bertz CT molecular complexity index is 510. The predicted octanol–water partition coefficient (Wildman–Crippen LogP) is -3.42. The normalized spacial score (nSPS) is 31.7. The van der Waals surface area contributed by atoms with Gasteiger partial charge in [0, 0.05) is 0 Å². The Morgan fingerprint density at radius 3 is 2.61 bits per heavy atom. The van der Waals surface area contributed by atoms with Crippen LogP contribution in [0.4, 0.5) is 4.79 Å². The molecule has 100 valence electrons. The monoisotopic (exact) mass is 260 g/mol. The molecule has 2 rings (SSSR count). The Kier molecular flexibility index (Phi) is 3.17.